The summed E-state index contributed by atoms with van der Waals surface area (Å²) in [5.41, 5.74) is 7.77. The maximum absolute atomic E-state index is 6.09. The third-order valence-corrected chi connectivity index (χ3v) is 3.51. The average Bonchev–Trinajstić information content (AvgIpc) is 2.77. The van der Waals surface area contributed by atoms with Crippen LogP contribution in [-0.4, -0.2) is 41.2 Å². The van der Waals surface area contributed by atoms with Crippen LogP contribution in [0.25, 0.3) is 5.52 Å². The first-order chi connectivity index (χ1) is 9.72. The highest BCUT2D eigenvalue weighted by Gasteiger charge is 2.08. The second kappa shape index (κ2) is 7.14. The predicted molar refractivity (Wildman–Crippen MR) is 85.1 cm³/mol. The van der Waals surface area contributed by atoms with Gasteiger partial charge in [0.25, 0.3) is 0 Å². The highest BCUT2D eigenvalue weighted by molar-refractivity contribution is 5.80. The van der Waals surface area contributed by atoms with Gasteiger partial charge in [-0.3, -0.25) is 0 Å². The van der Waals surface area contributed by atoms with Crippen molar-refractivity contribution in [3.8, 4) is 0 Å². The van der Waals surface area contributed by atoms with E-state index in [1.165, 1.54) is 19.3 Å². The first-order valence-electron chi connectivity index (χ1n) is 7.37. The molecule has 2 rings (SSSR count). The van der Waals surface area contributed by atoms with E-state index in [-0.39, 0.29) is 0 Å². The van der Waals surface area contributed by atoms with Crippen LogP contribution in [0.1, 0.15) is 26.2 Å². The molecular weight excluding hydrogens is 250 g/mol. The van der Waals surface area contributed by atoms with Gasteiger partial charge in [-0.25, -0.2) is 4.52 Å². The summed E-state index contributed by atoms with van der Waals surface area (Å²) in [6.45, 7) is 5.23. The van der Waals surface area contributed by atoms with Gasteiger partial charge in [0.1, 0.15) is 5.69 Å². The highest BCUT2D eigenvalue weighted by atomic mass is 15.3. The monoisotopic (exact) mass is 275 g/mol. The summed E-state index contributed by atoms with van der Waals surface area (Å²) < 4.78 is 1.81. The van der Waals surface area contributed by atoms with Crippen molar-refractivity contribution in [2.24, 2.45) is 0 Å². The molecule has 3 N–H and O–H groups in total. The maximum atomic E-state index is 6.09. The number of pyridine rings is 1. The Kier molecular flexibility index (Phi) is 5.24. The summed E-state index contributed by atoms with van der Waals surface area (Å²) in [6.07, 6.45) is 5.75. The van der Waals surface area contributed by atoms with Gasteiger partial charge in [-0.1, -0.05) is 25.8 Å². The largest absolute Gasteiger partial charge is 0.394 e. The molecule has 0 unspecified atom stereocenters. The number of hydrogen-bond acceptors (Lipinski definition) is 4. The number of anilines is 2. The van der Waals surface area contributed by atoms with Crippen LogP contribution in [-0.2, 0) is 0 Å². The summed E-state index contributed by atoms with van der Waals surface area (Å²) in [5, 5.41) is 7.77. The first-order valence-corrected chi connectivity index (χ1v) is 7.37. The molecule has 0 aliphatic carbocycles. The van der Waals surface area contributed by atoms with Crippen molar-refractivity contribution in [2.75, 3.05) is 37.7 Å². The smallest absolute Gasteiger partial charge is 0.172 e. The minimum atomic E-state index is 0.722. The molecular formula is C15H25N5. The molecule has 5 nitrogen and oxygen atoms in total. The zero-order chi connectivity index (χ0) is 14.4. The van der Waals surface area contributed by atoms with E-state index in [2.05, 4.69) is 29.3 Å². The van der Waals surface area contributed by atoms with Gasteiger partial charge in [0.05, 0.1) is 5.52 Å². The molecule has 0 aliphatic heterocycles. The summed E-state index contributed by atoms with van der Waals surface area (Å²) in [4.78, 5) is 2.34. The summed E-state index contributed by atoms with van der Waals surface area (Å²) in [6, 6.07) is 5.90. The van der Waals surface area contributed by atoms with Crippen molar-refractivity contribution in [1.29, 1.82) is 0 Å². The molecule has 0 saturated heterocycles. The summed E-state index contributed by atoms with van der Waals surface area (Å²) in [7, 11) is 2.16. The fourth-order valence-electron chi connectivity index (χ4n) is 2.26. The van der Waals surface area contributed by atoms with Gasteiger partial charge in [0, 0.05) is 19.3 Å². The Balaban J connectivity index is 1.82. The van der Waals surface area contributed by atoms with Crippen molar-refractivity contribution in [3.63, 3.8) is 0 Å². The van der Waals surface area contributed by atoms with Crippen molar-refractivity contribution < 1.29 is 0 Å². The van der Waals surface area contributed by atoms with E-state index < -0.39 is 0 Å². The number of nitrogens with one attached hydrogen (secondary N) is 1. The van der Waals surface area contributed by atoms with E-state index in [4.69, 9.17) is 5.73 Å². The lowest BCUT2D eigenvalue weighted by molar-refractivity contribution is 0.337. The van der Waals surface area contributed by atoms with Crippen LogP contribution in [0.3, 0.4) is 0 Å². The van der Waals surface area contributed by atoms with Gasteiger partial charge in [0.15, 0.2) is 5.82 Å². The number of aromatic nitrogens is 2. The van der Waals surface area contributed by atoms with Gasteiger partial charge >= 0.3 is 0 Å². The molecule has 2 aromatic rings. The second-order valence-electron chi connectivity index (χ2n) is 5.23. The Morgan fingerprint density at radius 2 is 2.15 bits per heavy atom. The lowest BCUT2D eigenvalue weighted by atomic mass is 10.2. The summed E-state index contributed by atoms with van der Waals surface area (Å²) in [5.74, 6) is 0.776. The Hall–Kier alpha value is -1.75. The number of rotatable bonds is 8. The van der Waals surface area contributed by atoms with Crippen LogP contribution in [0.15, 0.2) is 24.4 Å². The SMILES string of the molecule is CCCCCN(C)CCNc1nn2ccccc2c1N. The highest BCUT2D eigenvalue weighted by Crippen LogP contribution is 2.22. The van der Waals surface area contributed by atoms with Gasteiger partial charge in [-0.2, -0.15) is 0 Å². The zero-order valence-electron chi connectivity index (χ0n) is 12.5. The molecule has 20 heavy (non-hydrogen) atoms. The van der Waals surface area contributed by atoms with Crippen LogP contribution < -0.4 is 11.1 Å². The molecule has 2 heterocycles. The molecule has 5 heteroatoms. The standard InChI is InChI=1S/C15H25N5/c1-3-4-6-10-19(2)12-9-17-15-14(16)13-8-5-7-11-20(13)18-15/h5,7-8,11H,3-4,6,9-10,12,16H2,1-2H3,(H,17,18). The van der Waals surface area contributed by atoms with Crippen LogP contribution >= 0.6 is 0 Å². The van der Waals surface area contributed by atoms with Crippen molar-refractivity contribution in [2.45, 2.75) is 26.2 Å². The number of nitrogens with two attached hydrogens (primary N) is 1. The second-order valence-corrected chi connectivity index (χ2v) is 5.23. The Bertz CT molecular complexity index is 534. The van der Waals surface area contributed by atoms with Gasteiger partial charge in [-0.05, 0) is 32.1 Å². The number of likely N-dealkylation sites (N-methyl/N-ethyl adjacent to an activating group) is 1. The molecule has 110 valence electrons. The number of nitrogens with zero attached hydrogens (tertiary/aromatic N) is 3. The van der Waals surface area contributed by atoms with Gasteiger partial charge in [-0.15, -0.1) is 5.10 Å². The quantitative estimate of drug-likeness (QED) is 0.727. The first kappa shape index (κ1) is 14.7. The Morgan fingerprint density at radius 1 is 1.30 bits per heavy atom. The zero-order valence-corrected chi connectivity index (χ0v) is 12.5. The van der Waals surface area contributed by atoms with Gasteiger partial charge < -0.3 is 16.0 Å². The van der Waals surface area contributed by atoms with E-state index in [1.807, 2.05) is 28.9 Å². The van der Waals surface area contributed by atoms with Crippen LogP contribution in [0, 0.1) is 0 Å². The average molecular weight is 275 g/mol. The Labute approximate surface area is 120 Å². The molecule has 0 fully saturated rings. The fourth-order valence-corrected chi connectivity index (χ4v) is 2.26. The topological polar surface area (TPSA) is 58.6 Å². The molecule has 0 aliphatic rings. The fraction of sp³-hybridized carbons (Fsp3) is 0.533. The normalized spacial score (nSPS) is 11.3. The maximum Gasteiger partial charge on any atom is 0.172 e. The molecule has 0 aromatic carbocycles. The minimum absolute atomic E-state index is 0.722. The molecule has 0 bridgehead atoms. The number of fused-ring (bicyclic) bond motifs is 1. The molecule has 0 atom stereocenters. The van der Waals surface area contributed by atoms with E-state index >= 15 is 0 Å². The van der Waals surface area contributed by atoms with Crippen LogP contribution in [0.2, 0.25) is 0 Å². The van der Waals surface area contributed by atoms with E-state index in [0.717, 1.165) is 36.7 Å². The molecule has 0 amide bonds. The number of hydrogen-bond donors (Lipinski definition) is 2. The van der Waals surface area contributed by atoms with Crippen LogP contribution in [0.4, 0.5) is 11.5 Å². The third kappa shape index (κ3) is 3.63. The molecule has 2 aromatic heterocycles. The molecule has 0 saturated carbocycles. The minimum Gasteiger partial charge on any atom is -0.394 e. The molecule has 0 radical (unpaired) electrons. The predicted octanol–water partition coefficient (Wildman–Crippen LogP) is 2.45. The lowest BCUT2D eigenvalue weighted by Gasteiger charge is -2.16. The lowest BCUT2D eigenvalue weighted by Crippen LogP contribution is -2.26. The third-order valence-electron chi connectivity index (χ3n) is 3.51. The van der Waals surface area contributed by atoms with E-state index in [1.54, 1.807) is 0 Å². The van der Waals surface area contributed by atoms with Crippen molar-refractivity contribution >= 4 is 17.0 Å². The Morgan fingerprint density at radius 3 is 2.90 bits per heavy atom. The molecule has 0 spiro atoms. The van der Waals surface area contributed by atoms with Crippen LogP contribution in [0.5, 0.6) is 0 Å². The number of nitrogen functional groups attached to an aromatic ring is 1. The van der Waals surface area contributed by atoms with Crippen molar-refractivity contribution in [1.82, 2.24) is 14.5 Å². The van der Waals surface area contributed by atoms with Gasteiger partial charge in [0.2, 0.25) is 0 Å². The number of unbranched alkanes of at least 4 members (excludes halogenated alkanes) is 2. The van der Waals surface area contributed by atoms with Crippen molar-refractivity contribution in [3.05, 3.63) is 24.4 Å². The van der Waals surface area contributed by atoms with E-state index in [9.17, 15) is 0 Å². The summed E-state index contributed by atoms with van der Waals surface area (Å²) >= 11 is 0. The van der Waals surface area contributed by atoms with E-state index in [0.29, 0.717) is 0 Å².